The van der Waals surface area contributed by atoms with E-state index in [2.05, 4.69) is 38.0 Å². The number of thiazole rings is 1. The van der Waals surface area contributed by atoms with Crippen LogP contribution < -0.4 is 5.32 Å². The fourth-order valence-electron chi connectivity index (χ4n) is 1.79. The molecule has 1 aliphatic heterocycles. The minimum absolute atomic E-state index is 0.170. The first-order valence-corrected chi connectivity index (χ1v) is 6.67. The Bertz CT molecular complexity index is 365. The Hall–Kier alpha value is -0.450. The molecular weight excluding hydrogens is 218 g/mol. The third-order valence-electron chi connectivity index (χ3n) is 2.74. The highest BCUT2D eigenvalue weighted by Gasteiger charge is 2.18. The molecule has 0 radical (unpaired) electrons. The quantitative estimate of drug-likeness (QED) is 0.856. The zero-order valence-corrected chi connectivity index (χ0v) is 11.4. The molecule has 0 saturated carbocycles. The van der Waals surface area contributed by atoms with Crippen molar-refractivity contribution in [2.24, 2.45) is 0 Å². The van der Waals surface area contributed by atoms with Crippen molar-refractivity contribution >= 4 is 11.3 Å². The van der Waals surface area contributed by atoms with Crippen molar-refractivity contribution < 1.29 is 0 Å². The third kappa shape index (κ3) is 3.03. The van der Waals surface area contributed by atoms with Crippen molar-refractivity contribution in [2.75, 3.05) is 13.6 Å². The van der Waals surface area contributed by atoms with Gasteiger partial charge in [0.2, 0.25) is 0 Å². The van der Waals surface area contributed by atoms with Crippen LogP contribution in [0.2, 0.25) is 0 Å². The molecule has 0 aliphatic carbocycles. The molecule has 1 aromatic rings. The Kier molecular flexibility index (Phi) is 3.33. The van der Waals surface area contributed by atoms with Gasteiger partial charge in [-0.3, -0.25) is 0 Å². The maximum absolute atomic E-state index is 4.72. The molecule has 4 heteroatoms. The summed E-state index contributed by atoms with van der Waals surface area (Å²) in [6, 6.07) is 0. The van der Waals surface area contributed by atoms with Gasteiger partial charge in [0.05, 0.1) is 5.69 Å². The van der Waals surface area contributed by atoms with E-state index in [1.54, 1.807) is 0 Å². The van der Waals surface area contributed by atoms with Crippen LogP contribution in [-0.2, 0) is 19.5 Å². The number of nitrogens with one attached hydrogen (secondary N) is 1. The predicted octanol–water partition coefficient (Wildman–Crippen LogP) is 2.02. The zero-order chi connectivity index (χ0) is 11.8. The van der Waals surface area contributed by atoms with Gasteiger partial charge in [0.15, 0.2) is 0 Å². The van der Waals surface area contributed by atoms with Gasteiger partial charge in [-0.2, -0.15) is 0 Å². The Morgan fingerprint density at radius 2 is 2.19 bits per heavy atom. The van der Waals surface area contributed by atoms with Gasteiger partial charge in [-0.15, -0.1) is 11.3 Å². The van der Waals surface area contributed by atoms with E-state index >= 15 is 0 Å². The summed E-state index contributed by atoms with van der Waals surface area (Å²) in [4.78, 5) is 8.54. The van der Waals surface area contributed by atoms with Crippen molar-refractivity contribution in [2.45, 2.75) is 45.8 Å². The normalized spacial score (nSPS) is 17.5. The van der Waals surface area contributed by atoms with Gasteiger partial charge in [0, 0.05) is 36.5 Å². The molecule has 0 aromatic carbocycles. The standard InChI is InChI=1S/C12H21N3S/c1-12(2,3)13-7-11-14-9-5-6-15(4)8-10(9)16-11/h13H,5-8H2,1-4H3. The molecule has 3 nitrogen and oxygen atoms in total. The number of rotatable bonds is 2. The lowest BCUT2D eigenvalue weighted by Gasteiger charge is -2.20. The van der Waals surface area contributed by atoms with E-state index < -0.39 is 0 Å². The van der Waals surface area contributed by atoms with Crippen LogP contribution in [0.1, 0.15) is 36.3 Å². The van der Waals surface area contributed by atoms with Crippen LogP contribution >= 0.6 is 11.3 Å². The van der Waals surface area contributed by atoms with Crippen molar-refractivity contribution in [1.29, 1.82) is 0 Å². The fraction of sp³-hybridized carbons (Fsp3) is 0.750. The average molecular weight is 239 g/mol. The second-order valence-electron chi connectivity index (χ2n) is 5.57. The second-order valence-corrected chi connectivity index (χ2v) is 6.74. The third-order valence-corrected chi connectivity index (χ3v) is 3.82. The number of hydrogen-bond acceptors (Lipinski definition) is 4. The Labute approximate surface area is 102 Å². The number of aromatic nitrogens is 1. The molecule has 1 aromatic heterocycles. The van der Waals surface area contributed by atoms with Crippen molar-refractivity contribution in [3.8, 4) is 0 Å². The molecule has 1 N–H and O–H groups in total. The first kappa shape index (κ1) is 12.0. The Morgan fingerprint density at radius 1 is 1.44 bits per heavy atom. The summed E-state index contributed by atoms with van der Waals surface area (Å²) >= 11 is 1.86. The monoisotopic (exact) mass is 239 g/mol. The number of nitrogens with zero attached hydrogens (tertiary/aromatic N) is 2. The topological polar surface area (TPSA) is 28.2 Å². The molecule has 0 bridgehead atoms. The van der Waals surface area contributed by atoms with Crippen LogP contribution in [0.4, 0.5) is 0 Å². The molecule has 90 valence electrons. The molecule has 0 unspecified atom stereocenters. The highest BCUT2D eigenvalue weighted by atomic mass is 32.1. The maximum Gasteiger partial charge on any atom is 0.107 e. The lowest BCUT2D eigenvalue weighted by atomic mass is 10.1. The minimum atomic E-state index is 0.170. The van der Waals surface area contributed by atoms with Crippen molar-refractivity contribution in [3.05, 3.63) is 15.6 Å². The van der Waals surface area contributed by atoms with Crippen LogP contribution in [0.25, 0.3) is 0 Å². The molecule has 1 aliphatic rings. The van der Waals surface area contributed by atoms with E-state index in [1.807, 2.05) is 11.3 Å². The number of fused-ring (bicyclic) bond motifs is 1. The van der Waals surface area contributed by atoms with E-state index in [0.29, 0.717) is 0 Å². The number of likely N-dealkylation sites (N-methyl/N-ethyl adjacent to an activating group) is 1. The molecule has 0 fully saturated rings. The van der Waals surface area contributed by atoms with Crippen molar-refractivity contribution in [1.82, 2.24) is 15.2 Å². The van der Waals surface area contributed by atoms with Gasteiger partial charge in [-0.25, -0.2) is 4.98 Å². The van der Waals surface area contributed by atoms with Crippen LogP contribution in [0.15, 0.2) is 0 Å². The van der Waals surface area contributed by atoms with E-state index in [9.17, 15) is 0 Å². The van der Waals surface area contributed by atoms with Crippen LogP contribution in [0.5, 0.6) is 0 Å². The summed E-state index contributed by atoms with van der Waals surface area (Å²) in [6.45, 7) is 9.67. The van der Waals surface area contributed by atoms with E-state index in [4.69, 9.17) is 4.98 Å². The van der Waals surface area contributed by atoms with Gasteiger partial charge in [0.25, 0.3) is 0 Å². The zero-order valence-electron chi connectivity index (χ0n) is 10.6. The second kappa shape index (κ2) is 4.43. The van der Waals surface area contributed by atoms with E-state index in [1.165, 1.54) is 15.6 Å². The number of hydrogen-bond donors (Lipinski definition) is 1. The average Bonchev–Trinajstić information content (AvgIpc) is 2.55. The van der Waals surface area contributed by atoms with Gasteiger partial charge in [-0.1, -0.05) is 0 Å². The maximum atomic E-state index is 4.72. The summed E-state index contributed by atoms with van der Waals surface area (Å²) in [7, 11) is 2.18. The van der Waals surface area contributed by atoms with E-state index in [-0.39, 0.29) is 5.54 Å². The minimum Gasteiger partial charge on any atom is -0.306 e. The Morgan fingerprint density at radius 3 is 2.88 bits per heavy atom. The molecular formula is C12H21N3S. The Balaban J connectivity index is 2.02. The molecule has 0 atom stereocenters. The SMILES string of the molecule is CN1CCc2nc(CNC(C)(C)C)sc2C1. The van der Waals surface area contributed by atoms with Crippen LogP contribution in [0.3, 0.4) is 0 Å². The van der Waals surface area contributed by atoms with Crippen LogP contribution in [-0.4, -0.2) is 29.0 Å². The summed E-state index contributed by atoms with van der Waals surface area (Å²) in [5, 5.41) is 4.72. The van der Waals surface area contributed by atoms with Crippen LogP contribution in [0, 0.1) is 0 Å². The largest absolute Gasteiger partial charge is 0.306 e. The molecule has 0 spiro atoms. The molecule has 2 heterocycles. The molecule has 0 saturated heterocycles. The predicted molar refractivity (Wildman–Crippen MR) is 68.7 cm³/mol. The smallest absolute Gasteiger partial charge is 0.107 e. The highest BCUT2D eigenvalue weighted by Crippen LogP contribution is 2.24. The van der Waals surface area contributed by atoms with Gasteiger partial charge < -0.3 is 10.2 Å². The fourth-order valence-corrected chi connectivity index (χ4v) is 2.93. The van der Waals surface area contributed by atoms with Gasteiger partial charge >= 0.3 is 0 Å². The van der Waals surface area contributed by atoms with Crippen molar-refractivity contribution in [3.63, 3.8) is 0 Å². The first-order valence-electron chi connectivity index (χ1n) is 5.85. The van der Waals surface area contributed by atoms with Gasteiger partial charge in [-0.05, 0) is 27.8 Å². The summed E-state index contributed by atoms with van der Waals surface area (Å²) in [6.07, 6.45) is 1.11. The van der Waals surface area contributed by atoms with E-state index in [0.717, 1.165) is 26.1 Å². The lowest BCUT2D eigenvalue weighted by molar-refractivity contribution is 0.314. The summed E-state index contributed by atoms with van der Waals surface area (Å²) < 4.78 is 0. The first-order chi connectivity index (χ1) is 7.44. The lowest BCUT2D eigenvalue weighted by Crippen LogP contribution is -2.35. The molecule has 0 amide bonds. The summed E-state index contributed by atoms with van der Waals surface area (Å²) in [5.41, 5.74) is 1.50. The van der Waals surface area contributed by atoms with Gasteiger partial charge in [0.1, 0.15) is 5.01 Å². The highest BCUT2D eigenvalue weighted by molar-refractivity contribution is 7.11. The molecule has 16 heavy (non-hydrogen) atoms. The molecule has 2 rings (SSSR count). The summed E-state index contributed by atoms with van der Waals surface area (Å²) in [5.74, 6) is 0.